The van der Waals surface area contributed by atoms with Crippen molar-refractivity contribution in [2.75, 3.05) is 13.6 Å². The van der Waals surface area contributed by atoms with Gasteiger partial charge in [0.1, 0.15) is 22.8 Å². The van der Waals surface area contributed by atoms with Gasteiger partial charge in [0.25, 0.3) is 5.91 Å². The van der Waals surface area contributed by atoms with Gasteiger partial charge in [0.2, 0.25) is 11.8 Å². The minimum absolute atomic E-state index is 0.0129. The Morgan fingerprint density at radius 1 is 0.957 bits per heavy atom. The smallest absolute Gasteiger partial charge is 0.306 e. The van der Waals surface area contributed by atoms with Crippen molar-refractivity contribution in [2.45, 2.75) is 104 Å². The molecule has 0 aliphatic heterocycles. The first-order valence-electron chi connectivity index (χ1n) is 16.2. The molecule has 12 heteroatoms. The van der Waals surface area contributed by atoms with Gasteiger partial charge in [-0.1, -0.05) is 71.4 Å². The lowest BCUT2D eigenvalue weighted by molar-refractivity contribution is -0.141. The van der Waals surface area contributed by atoms with E-state index in [-0.39, 0.29) is 48.2 Å². The van der Waals surface area contributed by atoms with Crippen LogP contribution in [0.25, 0.3) is 0 Å². The van der Waals surface area contributed by atoms with Gasteiger partial charge < -0.3 is 31.5 Å². The monoisotopic (exact) mass is 659 g/mol. The first-order valence-corrected chi connectivity index (χ1v) is 17.1. The highest BCUT2D eigenvalue weighted by atomic mass is 32.1. The van der Waals surface area contributed by atoms with Crippen LogP contribution in [0.3, 0.4) is 0 Å². The number of benzene rings is 1. The number of carboxylic acid groups (broad SMARTS) is 1. The van der Waals surface area contributed by atoms with Crippen LogP contribution in [0.2, 0.25) is 0 Å². The molecule has 5 atom stereocenters. The summed E-state index contributed by atoms with van der Waals surface area (Å²) in [6.45, 7) is 9.90. The van der Waals surface area contributed by atoms with E-state index in [0.29, 0.717) is 30.8 Å². The van der Waals surface area contributed by atoms with Crippen molar-refractivity contribution >= 4 is 35.0 Å². The van der Waals surface area contributed by atoms with Gasteiger partial charge in [-0.2, -0.15) is 0 Å². The number of aliphatic carboxylic acids is 1. The van der Waals surface area contributed by atoms with Gasteiger partial charge in [0.05, 0.1) is 5.92 Å². The van der Waals surface area contributed by atoms with E-state index in [2.05, 4.69) is 15.6 Å². The fraction of sp³-hybridized carbons (Fsp3) is 0.618. The number of aliphatic hydroxyl groups is 1. The SMILES string of the molecule is CC(C)[C@H](NC(=O)CCCCCN)C(=O)N(C)[C@H](C[C@@H](O)c1nc(C(=O)N[C@@H](Cc2ccccc2)C[C@H](C)C(=O)O)cs1)C(C)C. The van der Waals surface area contributed by atoms with Crippen LogP contribution < -0.4 is 16.4 Å². The highest BCUT2D eigenvalue weighted by Crippen LogP contribution is 2.28. The first kappa shape index (κ1) is 38.8. The molecule has 3 amide bonds. The van der Waals surface area contributed by atoms with E-state index >= 15 is 0 Å². The van der Waals surface area contributed by atoms with Gasteiger partial charge in [-0.3, -0.25) is 19.2 Å². The van der Waals surface area contributed by atoms with Gasteiger partial charge in [-0.25, -0.2) is 4.98 Å². The highest BCUT2D eigenvalue weighted by Gasteiger charge is 2.33. The summed E-state index contributed by atoms with van der Waals surface area (Å²) in [6.07, 6.45) is 2.63. The third-order valence-corrected chi connectivity index (χ3v) is 9.14. The van der Waals surface area contributed by atoms with Crippen LogP contribution in [0.15, 0.2) is 35.7 Å². The minimum Gasteiger partial charge on any atom is -0.481 e. The maximum atomic E-state index is 13.6. The first-order chi connectivity index (χ1) is 21.7. The molecule has 11 nitrogen and oxygen atoms in total. The van der Waals surface area contributed by atoms with E-state index in [9.17, 15) is 29.4 Å². The number of aromatic nitrogens is 1. The summed E-state index contributed by atoms with van der Waals surface area (Å²) in [5.41, 5.74) is 6.65. The zero-order valence-electron chi connectivity index (χ0n) is 28.1. The van der Waals surface area contributed by atoms with E-state index in [1.807, 2.05) is 58.0 Å². The molecule has 0 saturated carbocycles. The lowest BCUT2D eigenvalue weighted by atomic mass is 9.94. The second-order valence-corrected chi connectivity index (χ2v) is 13.7. The quantitative estimate of drug-likeness (QED) is 0.132. The lowest BCUT2D eigenvalue weighted by Crippen LogP contribution is -2.53. The Hall–Kier alpha value is -3.35. The maximum Gasteiger partial charge on any atom is 0.306 e. The number of nitrogens with one attached hydrogen (secondary N) is 2. The number of rotatable bonds is 20. The summed E-state index contributed by atoms with van der Waals surface area (Å²) >= 11 is 1.16. The van der Waals surface area contributed by atoms with Gasteiger partial charge in [0.15, 0.2) is 0 Å². The maximum absolute atomic E-state index is 13.6. The molecule has 256 valence electrons. The molecule has 0 radical (unpaired) electrons. The number of carbonyl (C=O) groups excluding carboxylic acids is 3. The normalized spacial score (nSPS) is 14.7. The Bertz CT molecular complexity index is 1250. The van der Waals surface area contributed by atoms with Crippen LogP contribution in [0.5, 0.6) is 0 Å². The third kappa shape index (κ3) is 12.4. The van der Waals surface area contributed by atoms with Crippen molar-refractivity contribution in [3.8, 4) is 0 Å². The summed E-state index contributed by atoms with van der Waals surface area (Å²) in [5, 5.41) is 28.4. The number of nitrogens with zero attached hydrogens (tertiary/aromatic N) is 2. The highest BCUT2D eigenvalue weighted by molar-refractivity contribution is 7.09. The summed E-state index contributed by atoms with van der Waals surface area (Å²) in [6, 6.07) is 8.04. The molecule has 2 rings (SSSR count). The number of likely N-dealkylation sites (N-methyl/N-ethyl adjacent to an activating group) is 1. The van der Waals surface area contributed by atoms with Crippen molar-refractivity contribution in [1.82, 2.24) is 20.5 Å². The number of unbranched alkanes of at least 4 members (excludes halogenated alkanes) is 2. The average molecular weight is 660 g/mol. The van der Waals surface area contributed by atoms with Crippen molar-refractivity contribution in [3.05, 3.63) is 52.0 Å². The van der Waals surface area contributed by atoms with Crippen LogP contribution >= 0.6 is 11.3 Å². The molecule has 0 fully saturated rings. The van der Waals surface area contributed by atoms with E-state index in [1.54, 1.807) is 24.3 Å². The Morgan fingerprint density at radius 2 is 1.63 bits per heavy atom. The van der Waals surface area contributed by atoms with Crippen molar-refractivity contribution in [1.29, 1.82) is 0 Å². The molecule has 0 aliphatic carbocycles. The third-order valence-electron chi connectivity index (χ3n) is 8.20. The van der Waals surface area contributed by atoms with Crippen molar-refractivity contribution in [2.24, 2.45) is 23.5 Å². The van der Waals surface area contributed by atoms with Gasteiger partial charge in [0, 0.05) is 37.4 Å². The lowest BCUT2D eigenvalue weighted by Gasteiger charge is -2.36. The predicted molar refractivity (Wildman–Crippen MR) is 180 cm³/mol. The minimum atomic E-state index is -1.03. The molecule has 0 spiro atoms. The van der Waals surface area contributed by atoms with E-state index in [1.165, 1.54) is 0 Å². The number of hydrogen-bond acceptors (Lipinski definition) is 8. The fourth-order valence-corrected chi connectivity index (χ4v) is 6.18. The standard InChI is InChI=1S/C34H53N5O6S/c1-21(2)27(39(6)33(43)30(22(3)4)38-29(41)15-11-8-12-16-35)19-28(40)32-37-26(20-46-32)31(42)36-25(17-23(5)34(44)45)18-24-13-9-7-10-14-24/h7,9-10,13-14,20-23,25,27-28,30,40H,8,11-12,15-19,35H2,1-6H3,(H,36,42)(H,38,41)(H,44,45)/t23-,25+,27+,28+,30-/m0/s1. The zero-order valence-corrected chi connectivity index (χ0v) is 28.9. The molecule has 0 aliphatic rings. The topological polar surface area (TPSA) is 175 Å². The number of amides is 3. The number of nitrogens with two attached hydrogens (primary N) is 1. The zero-order chi connectivity index (χ0) is 34.4. The average Bonchev–Trinajstić information content (AvgIpc) is 3.51. The molecule has 1 aromatic carbocycles. The Labute approximate surface area is 277 Å². The van der Waals surface area contributed by atoms with Crippen LogP contribution in [-0.2, 0) is 20.8 Å². The van der Waals surface area contributed by atoms with Gasteiger partial charge >= 0.3 is 5.97 Å². The molecule has 0 bridgehead atoms. The molecule has 1 heterocycles. The molecule has 2 aromatic rings. The number of carbonyl (C=O) groups is 4. The Morgan fingerprint density at radius 3 is 2.22 bits per heavy atom. The second-order valence-electron chi connectivity index (χ2n) is 12.8. The fourth-order valence-electron chi connectivity index (χ4n) is 5.38. The number of hydrogen-bond donors (Lipinski definition) is 5. The van der Waals surface area contributed by atoms with Crippen molar-refractivity contribution in [3.63, 3.8) is 0 Å². The Balaban J connectivity index is 2.10. The summed E-state index contributed by atoms with van der Waals surface area (Å²) in [4.78, 5) is 57.0. The molecular weight excluding hydrogens is 606 g/mol. The molecular formula is C34H53N5O6S. The number of carboxylic acids is 1. The summed E-state index contributed by atoms with van der Waals surface area (Å²) < 4.78 is 0. The Kier molecular flexibility index (Phi) is 16.3. The molecule has 0 saturated heterocycles. The van der Waals surface area contributed by atoms with Crippen LogP contribution in [-0.4, -0.2) is 75.5 Å². The van der Waals surface area contributed by atoms with Crippen LogP contribution in [0.4, 0.5) is 0 Å². The summed E-state index contributed by atoms with van der Waals surface area (Å²) in [5.74, 6) is -2.58. The number of aliphatic hydroxyl groups excluding tert-OH is 1. The molecule has 1 aromatic heterocycles. The predicted octanol–water partition coefficient (Wildman–Crippen LogP) is 4.16. The molecule has 6 N–H and O–H groups in total. The molecule has 46 heavy (non-hydrogen) atoms. The van der Waals surface area contributed by atoms with E-state index in [0.717, 1.165) is 29.7 Å². The van der Waals surface area contributed by atoms with Crippen molar-refractivity contribution < 1.29 is 29.4 Å². The van der Waals surface area contributed by atoms with Crippen LogP contribution in [0.1, 0.15) is 100 Å². The van der Waals surface area contributed by atoms with E-state index < -0.39 is 36.0 Å². The van der Waals surface area contributed by atoms with Gasteiger partial charge in [-0.05, 0) is 49.6 Å². The van der Waals surface area contributed by atoms with E-state index in [4.69, 9.17) is 5.73 Å². The molecule has 0 unspecified atom stereocenters. The largest absolute Gasteiger partial charge is 0.481 e. The number of thiazole rings is 1. The second kappa shape index (κ2) is 19.3. The summed E-state index contributed by atoms with van der Waals surface area (Å²) in [7, 11) is 1.69. The van der Waals surface area contributed by atoms with Crippen LogP contribution in [0, 0.1) is 17.8 Å². The van der Waals surface area contributed by atoms with Gasteiger partial charge in [-0.15, -0.1) is 11.3 Å².